The third-order valence-corrected chi connectivity index (χ3v) is 5.22. The molecule has 0 aromatic heterocycles. The number of rotatable bonds is 4. The minimum absolute atomic E-state index is 0.163. The maximum atomic E-state index is 13.3. The first-order valence-electron chi connectivity index (χ1n) is 9.43. The summed E-state index contributed by atoms with van der Waals surface area (Å²) >= 11 is 0. The average Bonchev–Trinajstić information content (AvgIpc) is 3.12. The number of hydrogen-bond donors (Lipinski definition) is 0. The van der Waals surface area contributed by atoms with Gasteiger partial charge in [0.1, 0.15) is 0 Å². The highest BCUT2D eigenvalue weighted by atomic mass is 16.7. The van der Waals surface area contributed by atoms with Crippen molar-refractivity contribution in [1.82, 2.24) is 0 Å². The molecule has 4 rings (SSSR count). The van der Waals surface area contributed by atoms with Crippen molar-refractivity contribution >= 4 is 23.2 Å². The predicted molar refractivity (Wildman–Crippen MR) is 104 cm³/mol. The van der Waals surface area contributed by atoms with Gasteiger partial charge in [0.15, 0.2) is 6.10 Å². The maximum absolute atomic E-state index is 13.3. The van der Waals surface area contributed by atoms with Crippen LogP contribution in [0.25, 0.3) is 0 Å². The molecule has 5 nitrogen and oxygen atoms in total. The van der Waals surface area contributed by atoms with E-state index >= 15 is 0 Å². The van der Waals surface area contributed by atoms with Gasteiger partial charge < -0.3 is 0 Å². The van der Waals surface area contributed by atoms with Crippen LogP contribution in [0.5, 0.6) is 0 Å². The molecule has 2 saturated heterocycles. The quantitative estimate of drug-likeness (QED) is 0.776. The minimum atomic E-state index is -0.762. The summed E-state index contributed by atoms with van der Waals surface area (Å²) in [7, 11) is 0. The third kappa shape index (κ3) is 3.02. The molecule has 2 aromatic rings. The summed E-state index contributed by atoms with van der Waals surface area (Å²) in [5, 5.41) is 1.78. The van der Waals surface area contributed by atoms with Gasteiger partial charge in [-0.2, -0.15) is 0 Å². The largest absolute Gasteiger partial charge is 0.273 e. The molecule has 0 saturated carbocycles. The van der Waals surface area contributed by atoms with Gasteiger partial charge >= 0.3 is 0 Å². The number of para-hydroxylation sites is 1. The molecule has 140 valence electrons. The molecule has 2 amide bonds. The van der Waals surface area contributed by atoms with Crippen LogP contribution >= 0.6 is 0 Å². The summed E-state index contributed by atoms with van der Waals surface area (Å²) in [6, 6.07) is 17.0. The number of fused-ring (bicyclic) bond motifs is 1. The van der Waals surface area contributed by atoms with Gasteiger partial charge in [-0.15, -0.1) is 0 Å². The second kappa shape index (κ2) is 6.82. The Labute approximate surface area is 159 Å². The van der Waals surface area contributed by atoms with Crippen molar-refractivity contribution in [3.05, 3.63) is 60.2 Å². The normalized spacial score (nSPS) is 24.8. The lowest BCUT2D eigenvalue weighted by Gasteiger charge is -2.29. The van der Waals surface area contributed by atoms with Gasteiger partial charge in [-0.3, -0.25) is 14.4 Å². The summed E-state index contributed by atoms with van der Waals surface area (Å²) in [6.07, 6.45) is 0.0125. The summed E-state index contributed by atoms with van der Waals surface area (Å²) in [5.41, 5.74) is 2.51. The third-order valence-electron chi connectivity index (χ3n) is 5.22. The van der Waals surface area contributed by atoms with E-state index in [2.05, 4.69) is 13.8 Å². The number of anilines is 2. The number of hydrogen-bond acceptors (Lipinski definition) is 4. The van der Waals surface area contributed by atoms with Crippen LogP contribution in [0.15, 0.2) is 54.6 Å². The average molecular weight is 364 g/mol. The van der Waals surface area contributed by atoms with E-state index in [9.17, 15) is 9.59 Å². The molecule has 0 spiro atoms. The highest BCUT2D eigenvalue weighted by Crippen LogP contribution is 2.42. The van der Waals surface area contributed by atoms with Crippen molar-refractivity contribution in [2.24, 2.45) is 11.8 Å². The Morgan fingerprint density at radius 2 is 1.67 bits per heavy atom. The van der Waals surface area contributed by atoms with Crippen LogP contribution < -0.4 is 9.96 Å². The maximum Gasteiger partial charge on any atom is 0.266 e. The molecule has 0 N–H and O–H groups in total. The standard InChI is InChI=1S/C22H24N2O3/c1-14(2)12-18-19-20(27-24(18)16-9-5-4-6-10-16)22(26)23(21(19)25)17-11-7-8-15(3)13-17/h4-11,13-14,18-20H,12H2,1-3H3/t18-,19+,20+/m0/s1. The smallest absolute Gasteiger partial charge is 0.266 e. The van der Waals surface area contributed by atoms with Crippen molar-refractivity contribution < 1.29 is 14.4 Å². The van der Waals surface area contributed by atoms with Gasteiger partial charge in [0.2, 0.25) is 5.91 Å². The van der Waals surface area contributed by atoms with Crippen LogP contribution in [0.3, 0.4) is 0 Å². The summed E-state index contributed by atoms with van der Waals surface area (Å²) < 4.78 is 0. The second-order valence-corrected chi connectivity index (χ2v) is 7.76. The number of nitrogens with zero attached hydrogens (tertiary/aromatic N) is 2. The summed E-state index contributed by atoms with van der Waals surface area (Å²) in [6.45, 7) is 6.19. The van der Waals surface area contributed by atoms with Crippen molar-refractivity contribution in [2.45, 2.75) is 39.3 Å². The topological polar surface area (TPSA) is 49.9 Å². The SMILES string of the molecule is Cc1cccc(N2C(=O)[C@H]3[C@@H](ON(c4ccccc4)[C@H]3CC(C)C)C2=O)c1. The fourth-order valence-corrected chi connectivity index (χ4v) is 4.07. The molecular weight excluding hydrogens is 340 g/mol. The summed E-state index contributed by atoms with van der Waals surface area (Å²) in [4.78, 5) is 33.7. The Morgan fingerprint density at radius 1 is 0.963 bits per heavy atom. The molecule has 2 fully saturated rings. The van der Waals surface area contributed by atoms with Crippen molar-refractivity contribution in [1.29, 1.82) is 0 Å². The van der Waals surface area contributed by atoms with Gasteiger partial charge in [0.05, 0.1) is 23.3 Å². The molecule has 0 aliphatic carbocycles. The summed E-state index contributed by atoms with van der Waals surface area (Å²) in [5.74, 6) is -0.553. The zero-order valence-corrected chi connectivity index (χ0v) is 15.8. The number of amides is 2. The lowest BCUT2D eigenvalue weighted by Crippen LogP contribution is -2.41. The zero-order valence-electron chi connectivity index (χ0n) is 15.8. The number of benzene rings is 2. The Kier molecular flexibility index (Phi) is 4.48. The van der Waals surface area contributed by atoms with E-state index in [0.717, 1.165) is 17.7 Å². The van der Waals surface area contributed by atoms with E-state index in [0.29, 0.717) is 11.6 Å². The minimum Gasteiger partial charge on any atom is -0.273 e. The number of aryl methyl sites for hydroxylation is 1. The van der Waals surface area contributed by atoms with E-state index in [-0.39, 0.29) is 17.9 Å². The Morgan fingerprint density at radius 3 is 2.33 bits per heavy atom. The Balaban J connectivity index is 1.70. The zero-order chi connectivity index (χ0) is 19.1. The first-order chi connectivity index (χ1) is 13.0. The number of imide groups is 1. The van der Waals surface area contributed by atoms with Crippen LogP contribution in [0.4, 0.5) is 11.4 Å². The molecule has 3 atom stereocenters. The van der Waals surface area contributed by atoms with Crippen LogP contribution in [0.2, 0.25) is 0 Å². The van der Waals surface area contributed by atoms with Crippen molar-refractivity contribution in [3.8, 4) is 0 Å². The fraction of sp³-hybridized carbons (Fsp3) is 0.364. The van der Waals surface area contributed by atoms with Gasteiger partial charge in [-0.1, -0.05) is 44.2 Å². The lowest BCUT2D eigenvalue weighted by atomic mass is 9.90. The van der Waals surface area contributed by atoms with E-state index in [4.69, 9.17) is 4.84 Å². The van der Waals surface area contributed by atoms with Crippen LogP contribution in [-0.2, 0) is 14.4 Å². The lowest BCUT2D eigenvalue weighted by molar-refractivity contribution is -0.126. The first-order valence-corrected chi connectivity index (χ1v) is 9.43. The van der Waals surface area contributed by atoms with Crippen LogP contribution in [-0.4, -0.2) is 24.0 Å². The molecule has 2 aromatic carbocycles. The molecule has 0 bridgehead atoms. The molecule has 0 radical (unpaired) electrons. The van der Waals surface area contributed by atoms with Crippen LogP contribution in [0.1, 0.15) is 25.8 Å². The number of carbonyl (C=O) groups is 2. The van der Waals surface area contributed by atoms with E-state index in [1.54, 1.807) is 11.1 Å². The highest BCUT2D eigenvalue weighted by Gasteiger charge is 2.59. The van der Waals surface area contributed by atoms with E-state index < -0.39 is 12.0 Å². The monoisotopic (exact) mass is 364 g/mol. The predicted octanol–water partition coefficient (Wildman–Crippen LogP) is 3.72. The molecule has 2 heterocycles. The first kappa shape index (κ1) is 17.7. The fourth-order valence-electron chi connectivity index (χ4n) is 4.07. The van der Waals surface area contributed by atoms with Gasteiger partial charge in [-0.25, -0.2) is 9.96 Å². The molecule has 2 aliphatic heterocycles. The van der Waals surface area contributed by atoms with E-state index in [1.165, 1.54) is 4.90 Å². The molecule has 27 heavy (non-hydrogen) atoms. The van der Waals surface area contributed by atoms with Gasteiger partial charge in [-0.05, 0) is 49.1 Å². The second-order valence-electron chi connectivity index (χ2n) is 7.76. The highest BCUT2D eigenvalue weighted by molar-refractivity contribution is 6.23. The Hall–Kier alpha value is -2.66. The molecular formula is C22H24N2O3. The van der Waals surface area contributed by atoms with Crippen molar-refractivity contribution in [2.75, 3.05) is 9.96 Å². The van der Waals surface area contributed by atoms with Gasteiger partial charge in [0.25, 0.3) is 5.91 Å². The molecule has 0 unspecified atom stereocenters. The van der Waals surface area contributed by atoms with Crippen molar-refractivity contribution in [3.63, 3.8) is 0 Å². The number of hydroxylamine groups is 1. The Bertz CT molecular complexity index is 865. The van der Waals surface area contributed by atoms with E-state index in [1.807, 2.05) is 55.5 Å². The number of carbonyl (C=O) groups excluding carboxylic acids is 2. The molecule has 5 heteroatoms. The van der Waals surface area contributed by atoms with Gasteiger partial charge in [0, 0.05) is 0 Å². The molecule has 2 aliphatic rings. The van der Waals surface area contributed by atoms with Crippen LogP contribution in [0, 0.1) is 18.8 Å².